The highest BCUT2D eigenvalue weighted by Gasteiger charge is 2.50. The molecular formula is C67H64N16O17S6. The Morgan fingerprint density at radius 2 is 1.51 bits per heavy atom. The number of nitrogens with one attached hydrogen (secondary N) is 5. The average molecular weight is 1560 g/mol. The fraction of sp³-hybridized carbons (Fsp3) is 0.343. The summed E-state index contributed by atoms with van der Waals surface area (Å²) in [4.78, 5) is 143. The lowest BCUT2D eigenvalue weighted by atomic mass is 9.85. The molecule has 12 bridgehead atoms. The van der Waals surface area contributed by atoms with Crippen molar-refractivity contribution in [3.63, 3.8) is 0 Å². The van der Waals surface area contributed by atoms with Gasteiger partial charge in [-0.25, -0.2) is 44.5 Å². The maximum Gasteiger partial charge on any atom is 0.358 e. The number of esters is 2. The third kappa shape index (κ3) is 14.3. The Kier molecular flexibility index (Phi) is 20.4. The number of hydrogen-bond acceptors (Lipinski definition) is 33. The molecule has 0 aliphatic carbocycles. The maximum atomic E-state index is 15.2. The van der Waals surface area contributed by atoms with Crippen LogP contribution in [0.5, 0.6) is 5.75 Å². The quantitative estimate of drug-likeness (QED) is 0.0397. The molecule has 4 aliphatic heterocycles. The molecule has 0 spiro atoms. The molecule has 550 valence electrons. The number of carbonyl (C=O) groups excluding carboxylic acids is 7. The molecule has 14 rings (SSSR count). The number of rotatable bonds is 10. The number of aromatic nitrogens is 10. The van der Waals surface area contributed by atoms with Crippen LogP contribution in [0.3, 0.4) is 0 Å². The molecule has 0 radical (unpaired) electrons. The topological polar surface area (TPSA) is 440 Å². The van der Waals surface area contributed by atoms with Crippen molar-refractivity contribution in [2.75, 3.05) is 27.8 Å². The summed E-state index contributed by atoms with van der Waals surface area (Å²) in [6.07, 6.45) is -5.92. The number of carbonyl (C=O) groups is 7. The molecule has 1 saturated heterocycles. The highest BCUT2D eigenvalue weighted by Crippen LogP contribution is 2.43. The van der Waals surface area contributed by atoms with E-state index in [4.69, 9.17) is 43.4 Å². The Hall–Kier alpha value is -10.0. The number of cyclic esters (lactones) is 2. The van der Waals surface area contributed by atoms with Crippen molar-refractivity contribution in [2.24, 2.45) is 0 Å². The number of aliphatic hydroxyl groups is 2. The average Bonchev–Trinajstić information content (AvgIpc) is 1.57. The third-order valence-corrected chi connectivity index (χ3v) is 23.2. The molecule has 1 aromatic carbocycles. The Labute approximate surface area is 624 Å². The van der Waals surface area contributed by atoms with Crippen LogP contribution in [-0.2, 0) is 51.2 Å². The molecule has 0 saturated carbocycles. The van der Waals surface area contributed by atoms with Gasteiger partial charge in [0.1, 0.15) is 130 Å². The summed E-state index contributed by atoms with van der Waals surface area (Å²) in [6, 6.07) is 5.46. The van der Waals surface area contributed by atoms with E-state index in [9.17, 15) is 34.9 Å². The molecule has 39 heteroatoms. The molecule has 10 aromatic rings. The van der Waals surface area contributed by atoms with Crippen LogP contribution in [0.1, 0.15) is 143 Å². The zero-order valence-electron chi connectivity index (χ0n) is 57.1. The van der Waals surface area contributed by atoms with Crippen molar-refractivity contribution in [1.82, 2.24) is 80.5 Å². The zero-order valence-corrected chi connectivity index (χ0v) is 62.0. The van der Waals surface area contributed by atoms with Gasteiger partial charge in [0.25, 0.3) is 23.6 Å². The number of ether oxygens (including phenoxy) is 6. The standard InChI is InChI=1S/C67H64N16O17S6/c1-26(59-80-53(81-106-59)33-13-9-10-15-68-33)69-54(86)36-23-104-63(74-36)47-41(85)16-31-46(76-47)35-21-102-61(71-35)34-20-98-65(91)49-32-19-96-50(51(100-42-17-67(5,93)52(82(6)7)29(4)99-42)66(92)97-18-30-12-11-14-40(43(30)32)83(49)94)48(64-75-37(24-105-64)55(87)70-34)79-57(89)39-25-103-62(73-39)45(28(3)95-8)78-58(90)44(27(2)84)77-56(88)38-22-101-60(31)72-38/h9-16,21-27,29,34,42,44,48,50-52,84-85,93-94H,17-20H2,1-8H3,(H,69,86)(H,70,87)(H,77,88)(H,78,90)(H,79,89)/b45-28+/t26?,27-,29+,34+,42+,44+,48+,50+,51+,52-,67+/m1/s1. The number of fused-ring (bicyclic) bond motifs is 15. The van der Waals surface area contributed by atoms with E-state index in [2.05, 4.69) is 55.9 Å². The predicted molar refractivity (Wildman–Crippen MR) is 383 cm³/mol. The molecule has 13 heterocycles. The van der Waals surface area contributed by atoms with Crippen molar-refractivity contribution in [2.45, 2.75) is 121 Å². The van der Waals surface area contributed by atoms with E-state index in [1.807, 2.05) is 0 Å². The lowest BCUT2D eigenvalue weighted by molar-refractivity contribution is -0.280. The number of likely N-dealkylation sites (N-methyl/N-ethyl adjacent to an activating group) is 1. The van der Waals surface area contributed by atoms with Crippen molar-refractivity contribution in [1.29, 1.82) is 0 Å². The summed E-state index contributed by atoms with van der Waals surface area (Å²) in [7, 11) is 4.86. The Balaban J connectivity index is 0.903. The van der Waals surface area contributed by atoms with E-state index in [0.717, 1.165) is 68.2 Å². The summed E-state index contributed by atoms with van der Waals surface area (Å²) < 4.78 is 42.8. The second-order valence-electron chi connectivity index (χ2n) is 25.4. The van der Waals surface area contributed by atoms with Gasteiger partial charge in [0.15, 0.2) is 23.9 Å². The monoisotopic (exact) mass is 1560 g/mol. The molecule has 5 amide bonds. The maximum absolute atomic E-state index is 15.2. The number of hydrogen-bond donors (Lipinski definition) is 9. The van der Waals surface area contributed by atoms with E-state index in [1.54, 1.807) is 81.7 Å². The van der Waals surface area contributed by atoms with Gasteiger partial charge in [-0.05, 0) is 90.1 Å². The molecule has 4 aliphatic rings. The number of methoxy groups -OCH3 is 1. The number of aliphatic hydroxyl groups excluding tert-OH is 1. The molecular weight excluding hydrogens is 1490 g/mol. The first-order chi connectivity index (χ1) is 50.8. The molecule has 9 N–H and O–H groups in total. The number of allylic oxidation sites excluding steroid dienone is 1. The van der Waals surface area contributed by atoms with Gasteiger partial charge >= 0.3 is 11.9 Å². The van der Waals surface area contributed by atoms with Crippen LogP contribution in [0.2, 0.25) is 0 Å². The minimum Gasteiger partial charge on any atom is -0.506 e. The van der Waals surface area contributed by atoms with E-state index in [0.29, 0.717) is 26.8 Å². The molecule has 1 fully saturated rings. The molecule has 9 aromatic heterocycles. The third-order valence-electron chi connectivity index (χ3n) is 17.8. The van der Waals surface area contributed by atoms with Crippen molar-refractivity contribution < 1.29 is 82.5 Å². The van der Waals surface area contributed by atoms with E-state index < -0.39 is 139 Å². The van der Waals surface area contributed by atoms with Gasteiger partial charge < -0.3 is 80.4 Å². The fourth-order valence-electron chi connectivity index (χ4n) is 12.8. The first-order valence-corrected chi connectivity index (χ1v) is 37.7. The number of thiazole rings is 5. The van der Waals surface area contributed by atoms with Crippen LogP contribution in [0, 0.1) is 0 Å². The second-order valence-corrected chi connectivity index (χ2v) is 30.5. The van der Waals surface area contributed by atoms with Crippen molar-refractivity contribution >= 4 is 126 Å². The summed E-state index contributed by atoms with van der Waals surface area (Å²) >= 11 is 5.73. The fourth-order valence-corrected chi connectivity index (χ4v) is 17.7. The molecule has 33 nitrogen and oxygen atoms in total. The van der Waals surface area contributed by atoms with Crippen molar-refractivity contribution in [3.8, 4) is 49.9 Å². The van der Waals surface area contributed by atoms with Crippen LogP contribution < -0.4 is 26.6 Å². The lowest BCUT2D eigenvalue weighted by Gasteiger charge is -2.48. The number of pyridine rings is 2. The molecule has 11 atom stereocenters. The van der Waals surface area contributed by atoms with Gasteiger partial charge in [0.05, 0.1) is 49.1 Å². The lowest BCUT2D eigenvalue weighted by Crippen LogP contribution is -2.62. The summed E-state index contributed by atoms with van der Waals surface area (Å²) in [5, 5.41) is 69.4. The van der Waals surface area contributed by atoms with E-state index in [1.165, 1.54) is 54.6 Å². The number of aromatic hydroxyl groups is 1. The van der Waals surface area contributed by atoms with Crippen LogP contribution in [0.25, 0.3) is 60.8 Å². The van der Waals surface area contributed by atoms with Gasteiger partial charge in [-0.2, -0.15) is 9.10 Å². The highest BCUT2D eigenvalue weighted by molar-refractivity contribution is 7.14. The second kappa shape index (κ2) is 29.7. The van der Waals surface area contributed by atoms with Crippen LogP contribution in [0.4, 0.5) is 0 Å². The molecule has 1 unspecified atom stereocenters. The Morgan fingerprint density at radius 1 is 0.802 bits per heavy atom. The number of nitrogens with zero attached hydrogens (tertiary/aromatic N) is 11. The van der Waals surface area contributed by atoms with E-state index >= 15 is 19.2 Å². The minimum atomic E-state index is -1.91. The summed E-state index contributed by atoms with van der Waals surface area (Å²) in [5.74, 6) is -6.48. The first-order valence-electron chi connectivity index (χ1n) is 32.6. The van der Waals surface area contributed by atoms with Gasteiger partial charge in [0.2, 0.25) is 5.91 Å². The molecule has 106 heavy (non-hydrogen) atoms. The normalized spacial score (nSPS) is 23.5. The van der Waals surface area contributed by atoms with Gasteiger partial charge in [-0.15, -0.1) is 56.7 Å². The van der Waals surface area contributed by atoms with Gasteiger partial charge in [0, 0.05) is 56.0 Å². The van der Waals surface area contributed by atoms with Crippen molar-refractivity contribution in [3.05, 3.63) is 141 Å². The van der Waals surface area contributed by atoms with Crippen LogP contribution in [-0.4, -0.2) is 192 Å². The van der Waals surface area contributed by atoms with E-state index in [-0.39, 0.29) is 105 Å². The van der Waals surface area contributed by atoms with Gasteiger partial charge in [-0.3, -0.25) is 29.0 Å². The van der Waals surface area contributed by atoms with Gasteiger partial charge in [-0.1, -0.05) is 18.2 Å². The Bertz CT molecular complexity index is 5140. The zero-order chi connectivity index (χ0) is 74.7. The van der Waals surface area contributed by atoms with Crippen LogP contribution >= 0.6 is 68.2 Å². The first kappa shape index (κ1) is 72.9. The minimum absolute atomic E-state index is 0.0105. The highest BCUT2D eigenvalue weighted by atomic mass is 32.1. The SMILES string of the molecule is CO/C(C)=C1/NC(=O)[C@H]([C@@H](C)O)NC(=O)c2csc(n2)-c2cc(O)c(-c3nc(C(=O)NC(C)c4nc(-c5ccccn5)ns4)cs3)nc2-c2csc(n2)[C@@H]2COC(=O)c3c4c5c(cccc5n3O)COC(=O)[C@@H](O[C@H]3C[C@](C)(O)[C@H](N(C)C)[C@H](C)O3)[C@@H](OC4)[C@H](NC(=O)c3csc1n3)c1nc(cs1)C(=O)N2. The predicted octanol–water partition coefficient (Wildman–Crippen LogP) is 6.57. The largest absolute Gasteiger partial charge is 0.506 e. The Morgan fingerprint density at radius 3 is 2.25 bits per heavy atom. The summed E-state index contributed by atoms with van der Waals surface area (Å²) in [6.45, 7) is 6.03. The number of benzene rings is 1. The number of amides is 5. The smallest absolute Gasteiger partial charge is 0.358 e. The van der Waals surface area contributed by atoms with Crippen LogP contribution in [0.15, 0.2) is 81.3 Å². The summed E-state index contributed by atoms with van der Waals surface area (Å²) in [5.41, 5.74) is -1.87.